The molecule has 0 radical (unpaired) electrons. The predicted octanol–water partition coefficient (Wildman–Crippen LogP) is 1.22. The van der Waals surface area contributed by atoms with Crippen LogP contribution < -0.4 is 0 Å². The Morgan fingerprint density at radius 3 is 2.58 bits per heavy atom. The Kier molecular flexibility index (Phi) is 1.83. The molecule has 1 rings (SSSR count). The van der Waals surface area contributed by atoms with Gasteiger partial charge in [0.15, 0.2) is 0 Å². The van der Waals surface area contributed by atoms with E-state index in [1.165, 1.54) is 0 Å². The third-order valence-corrected chi connectivity index (χ3v) is 1.25. The molecule has 0 atom stereocenters. The summed E-state index contributed by atoms with van der Waals surface area (Å²) in [7, 11) is 0. The number of aromatic carboxylic acids is 1. The zero-order valence-electron chi connectivity index (χ0n) is 6.14. The number of carboxylic acid groups (broad SMARTS) is 1. The predicted molar refractivity (Wildman–Crippen MR) is 35.1 cm³/mol. The first-order valence-corrected chi connectivity index (χ1v) is 3.08. The van der Waals surface area contributed by atoms with Crippen molar-refractivity contribution in [1.82, 2.24) is 9.97 Å². The fourth-order valence-corrected chi connectivity index (χ4v) is 0.653. The molecule has 0 bridgehead atoms. The maximum atomic E-state index is 12.5. The molecule has 4 nitrogen and oxygen atoms in total. The smallest absolute Gasteiger partial charge is 0.371 e. The van der Waals surface area contributed by atoms with Crippen LogP contribution in [0.5, 0.6) is 0 Å². The number of rotatable bonds is 2. The molecule has 66 valence electrons. The van der Waals surface area contributed by atoms with E-state index in [1.54, 1.807) is 0 Å². The molecule has 0 fully saturated rings. The topological polar surface area (TPSA) is 66.0 Å². The summed E-state index contributed by atoms with van der Waals surface area (Å²) >= 11 is 0. The van der Waals surface area contributed by atoms with E-state index in [2.05, 4.69) is 4.98 Å². The maximum Gasteiger partial charge on any atom is 0.371 e. The lowest BCUT2D eigenvalue weighted by Gasteiger charge is -2.04. The SMILES string of the molecule is CC(F)(F)c1cnc(C(=O)O)[nH]1. The van der Waals surface area contributed by atoms with Crippen LogP contribution in [0.4, 0.5) is 8.78 Å². The van der Waals surface area contributed by atoms with Crippen molar-refractivity contribution in [2.75, 3.05) is 0 Å². The lowest BCUT2D eigenvalue weighted by Crippen LogP contribution is -2.08. The number of carbonyl (C=O) groups is 1. The quantitative estimate of drug-likeness (QED) is 0.711. The number of aromatic amines is 1. The molecule has 0 aromatic carbocycles. The summed E-state index contributed by atoms with van der Waals surface area (Å²) in [6, 6.07) is 0. The van der Waals surface area contributed by atoms with E-state index in [-0.39, 0.29) is 0 Å². The van der Waals surface area contributed by atoms with Crippen LogP contribution in [0, 0.1) is 0 Å². The Bertz CT molecular complexity index is 303. The van der Waals surface area contributed by atoms with E-state index in [4.69, 9.17) is 5.11 Å². The van der Waals surface area contributed by atoms with Gasteiger partial charge in [0.25, 0.3) is 5.92 Å². The van der Waals surface area contributed by atoms with Crippen molar-refractivity contribution in [3.63, 3.8) is 0 Å². The summed E-state index contributed by atoms with van der Waals surface area (Å²) in [5, 5.41) is 8.33. The van der Waals surface area contributed by atoms with Crippen molar-refractivity contribution in [2.24, 2.45) is 0 Å². The molecule has 1 aromatic heterocycles. The Balaban J connectivity index is 3.00. The fraction of sp³-hybridized carbons (Fsp3) is 0.333. The van der Waals surface area contributed by atoms with Crippen molar-refractivity contribution >= 4 is 5.97 Å². The van der Waals surface area contributed by atoms with Gasteiger partial charge in [-0.1, -0.05) is 0 Å². The summed E-state index contributed by atoms with van der Waals surface area (Å²) in [6.07, 6.45) is 0.809. The number of alkyl halides is 2. The van der Waals surface area contributed by atoms with Crippen LogP contribution >= 0.6 is 0 Å². The highest BCUT2D eigenvalue weighted by atomic mass is 19.3. The van der Waals surface area contributed by atoms with Gasteiger partial charge in [0.2, 0.25) is 5.82 Å². The number of nitrogens with zero attached hydrogens (tertiary/aromatic N) is 1. The number of imidazole rings is 1. The van der Waals surface area contributed by atoms with Crippen LogP contribution in [-0.4, -0.2) is 21.0 Å². The van der Waals surface area contributed by atoms with E-state index < -0.39 is 23.4 Å². The van der Waals surface area contributed by atoms with Crippen molar-refractivity contribution in [1.29, 1.82) is 0 Å². The largest absolute Gasteiger partial charge is 0.475 e. The van der Waals surface area contributed by atoms with Crippen molar-refractivity contribution in [3.8, 4) is 0 Å². The first-order chi connectivity index (χ1) is 5.41. The molecule has 12 heavy (non-hydrogen) atoms. The molecular weight excluding hydrogens is 170 g/mol. The molecule has 1 aromatic rings. The van der Waals surface area contributed by atoms with Crippen LogP contribution in [-0.2, 0) is 5.92 Å². The van der Waals surface area contributed by atoms with Crippen molar-refractivity contribution in [2.45, 2.75) is 12.8 Å². The van der Waals surface area contributed by atoms with Gasteiger partial charge >= 0.3 is 5.97 Å². The third kappa shape index (κ3) is 1.58. The number of H-pyrrole nitrogens is 1. The lowest BCUT2D eigenvalue weighted by atomic mass is 10.3. The minimum atomic E-state index is -3.08. The van der Waals surface area contributed by atoms with Gasteiger partial charge in [0, 0.05) is 6.92 Å². The first-order valence-electron chi connectivity index (χ1n) is 3.08. The molecule has 0 aliphatic carbocycles. The Morgan fingerprint density at radius 2 is 2.33 bits per heavy atom. The van der Waals surface area contributed by atoms with Gasteiger partial charge in [0.05, 0.1) is 6.20 Å². The van der Waals surface area contributed by atoms with Crippen LogP contribution in [0.15, 0.2) is 6.20 Å². The van der Waals surface area contributed by atoms with Gasteiger partial charge in [0.1, 0.15) is 5.69 Å². The second-order valence-corrected chi connectivity index (χ2v) is 2.34. The Labute approximate surface area is 66.2 Å². The molecule has 2 N–H and O–H groups in total. The Morgan fingerprint density at radius 1 is 1.75 bits per heavy atom. The average molecular weight is 176 g/mol. The normalized spacial score (nSPS) is 11.6. The molecular formula is C6H6F2N2O2. The zero-order chi connectivity index (χ0) is 9.35. The molecule has 0 saturated heterocycles. The van der Waals surface area contributed by atoms with Crippen molar-refractivity contribution in [3.05, 3.63) is 17.7 Å². The molecule has 0 amide bonds. The lowest BCUT2D eigenvalue weighted by molar-refractivity contribution is 0.0131. The van der Waals surface area contributed by atoms with Crippen molar-refractivity contribution < 1.29 is 18.7 Å². The molecule has 0 unspecified atom stereocenters. The Hall–Kier alpha value is -1.46. The molecule has 6 heteroatoms. The van der Waals surface area contributed by atoms with Crippen LogP contribution in [0.1, 0.15) is 23.2 Å². The molecule has 0 spiro atoms. The number of halogens is 2. The second-order valence-electron chi connectivity index (χ2n) is 2.34. The van der Waals surface area contributed by atoms with E-state index in [0.29, 0.717) is 6.92 Å². The van der Waals surface area contributed by atoms with E-state index in [1.807, 2.05) is 4.98 Å². The molecule has 1 heterocycles. The number of carboxylic acids is 1. The van der Waals surface area contributed by atoms with Crippen LogP contribution in [0.2, 0.25) is 0 Å². The highest BCUT2D eigenvalue weighted by molar-refractivity contribution is 5.83. The summed E-state index contributed by atoms with van der Waals surface area (Å²) in [5.41, 5.74) is -0.500. The van der Waals surface area contributed by atoms with Gasteiger partial charge in [-0.15, -0.1) is 0 Å². The summed E-state index contributed by atoms with van der Waals surface area (Å²) < 4.78 is 24.9. The number of hydrogen-bond acceptors (Lipinski definition) is 2. The van der Waals surface area contributed by atoms with E-state index in [9.17, 15) is 13.6 Å². The van der Waals surface area contributed by atoms with Gasteiger partial charge in [-0.2, -0.15) is 8.78 Å². The van der Waals surface area contributed by atoms with Gasteiger partial charge in [-0.05, 0) is 0 Å². The van der Waals surface area contributed by atoms with Gasteiger partial charge < -0.3 is 10.1 Å². The van der Waals surface area contributed by atoms with E-state index >= 15 is 0 Å². The van der Waals surface area contributed by atoms with Crippen LogP contribution in [0.25, 0.3) is 0 Å². The second kappa shape index (κ2) is 2.54. The molecule has 0 aliphatic rings. The summed E-state index contributed by atoms with van der Waals surface area (Å²) in [4.78, 5) is 15.4. The highest BCUT2D eigenvalue weighted by Gasteiger charge is 2.27. The highest BCUT2D eigenvalue weighted by Crippen LogP contribution is 2.24. The minimum absolute atomic E-state index is 0.480. The monoisotopic (exact) mass is 176 g/mol. The fourth-order valence-electron chi connectivity index (χ4n) is 0.653. The third-order valence-electron chi connectivity index (χ3n) is 1.25. The first kappa shape index (κ1) is 8.63. The zero-order valence-corrected chi connectivity index (χ0v) is 6.14. The number of hydrogen-bond donors (Lipinski definition) is 2. The molecule has 0 aliphatic heterocycles. The van der Waals surface area contributed by atoms with Gasteiger partial charge in [-0.3, -0.25) is 0 Å². The maximum absolute atomic E-state index is 12.5. The molecule has 0 saturated carbocycles. The summed E-state index contributed by atoms with van der Waals surface area (Å²) in [5.74, 6) is -4.92. The number of nitrogens with one attached hydrogen (secondary N) is 1. The minimum Gasteiger partial charge on any atom is -0.475 e. The van der Waals surface area contributed by atoms with Gasteiger partial charge in [-0.25, -0.2) is 9.78 Å². The van der Waals surface area contributed by atoms with Crippen LogP contribution in [0.3, 0.4) is 0 Å². The van der Waals surface area contributed by atoms with E-state index in [0.717, 1.165) is 6.20 Å². The summed E-state index contributed by atoms with van der Waals surface area (Å²) in [6.45, 7) is 0.659. The standard InChI is InChI=1S/C6H6F2N2O2/c1-6(7,8)3-2-9-4(10-3)5(11)12/h2H,1H3,(H,9,10)(H,11,12). The average Bonchev–Trinajstić information content (AvgIpc) is 2.30. The number of aromatic nitrogens is 2.